The number of aliphatic hydroxyl groups is 2. The smallest absolute Gasteiger partial charge is 0.149 e. The van der Waals surface area contributed by atoms with Gasteiger partial charge in [0.1, 0.15) is 12.0 Å². The zero-order valence-electron chi connectivity index (χ0n) is 11.6. The highest BCUT2D eigenvalue weighted by Crippen LogP contribution is 2.09. The number of rotatable bonds is 11. The Morgan fingerprint density at radius 2 is 1.50 bits per heavy atom. The minimum atomic E-state index is -0.119. The summed E-state index contributed by atoms with van der Waals surface area (Å²) in [4.78, 5) is 0. The second-order valence-corrected chi connectivity index (χ2v) is 4.60. The molecule has 0 aromatic rings. The van der Waals surface area contributed by atoms with E-state index in [0.717, 1.165) is 6.42 Å². The highest BCUT2D eigenvalue weighted by molar-refractivity contribution is 5.14. The Labute approximate surface area is 112 Å². The van der Waals surface area contributed by atoms with Crippen LogP contribution in [0.5, 0.6) is 0 Å². The first kappa shape index (κ1) is 16.8. The van der Waals surface area contributed by atoms with Crippen molar-refractivity contribution in [3.8, 4) is 0 Å². The van der Waals surface area contributed by atoms with Crippen LogP contribution in [-0.2, 0) is 0 Å². The van der Waals surface area contributed by atoms with Crippen molar-refractivity contribution in [2.45, 2.75) is 64.7 Å². The molecule has 0 saturated heterocycles. The van der Waals surface area contributed by atoms with Gasteiger partial charge in [-0.1, -0.05) is 70.1 Å². The Kier molecular flexibility index (Phi) is 13.0. The molecule has 0 fully saturated rings. The average Bonchev–Trinajstić information content (AvgIpc) is 2.39. The third kappa shape index (κ3) is 12.9. The van der Waals surface area contributed by atoms with Gasteiger partial charge in [-0.25, -0.2) is 0 Å². The van der Waals surface area contributed by atoms with Gasteiger partial charge in [-0.2, -0.15) is 0 Å². The lowest BCUT2D eigenvalue weighted by molar-refractivity contribution is 0.377. The number of allylic oxidation sites excluding steroid dienone is 4. The standard InChI is InChI=1S/C16H28O2/c1-2-3-4-5-6-7-8-9-10-11-12-13-14-16(18)15-17/h11-15,17-18H,2-10H2,1H3. The SMILES string of the molecule is CCCCCCCCCCC=CC=CC(O)=CO. The minimum absolute atomic E-state index is 0.119. The maximum Gasteiger partial charge on any atom is 0.149 e. The van der Waals surface area contributed by atoms with Crippen molar-refractivity contribution in [1.82, 2.24) is 0 Å². The predicted octanol–water partition coefficient (Wildman–Crippen LogP) is 5.59. The van der Waals surface area contributed by atoms with Crippen LogP contribution in [0.1, 0.15) is 64.7 Å². The van der Waals surface area contributed by atoms with E-state index < -0.39 is 0 Å². The number of unbranched alkanes of at least 4 members (excludes halogenated alkanes) is 8. The van der Waals surface area contributed by atoms with E-state index in [1.807, 2.05) is 6.08 Å². The first-order chi connectivity index (χ1) is 8.81. The summed E-state index contributed by atoms with van der Waals surface area (Å²) in [6.45, 7) is 2.25. The van der Waals surface area contributed by atoms with Gasteiger partial charge in [0.2, 0.25) is 0 Å². The van der Waals surface area contributed by atoms with E-state index in [2.05, 4.69) is 13.0 Å². The topological polar surface area (TPSA) is 40.5 Å². The zero-order valence-corrected chi connectivity index (χ0v) is 11.6. The molecule has 0 unspecified atom stereocenters. The molecule has 2 N–H and O–H groups in total. The average molecular weight is 252 g/mol. The summed E-state index contributed by atoms with van der Waals surface area (Å²) in [5, 5.41) is 17.3. The van der Waals surface area contributed by atoms with Gasteiger partial charge >= 0.3 is 0 Å². The van der Waals surface area contributed by atoms with Crippen LogP contribution in [0.2, 0.25) is 0 Å². The van der Waals surface area contributed by atoms with Crippen LogP contribution >= 0.6 is 0 Å². The van der Waals surface area contributed by atoms with Crippen LogP contribution in [0.3, 0.4) is 0 Å². The highest BCUT2D eigenvalue weighted by atomic mass is 16.3. The molecular formula is C16H28O2. The van der Waals surface area contributed by atoms with Crippen molar-refractivity contribution in [3.05, 3.63) is 36.3 Å². The predicted molar refractivity (Wildman–Crippen MR) is 78.8 cm³/mol. The molecule has 0 aliphatic rings. The molecular weight excluding hydrogens is 224 g/mol. The van der Waals surface area contributed by atoms with Crippen molar-refractivity contribution >= 4 is 0 Å². The maximum absolute atomic E-state index is 8.91. The lowest BCUT2D eigenvalue weighted by atomic mass is 10.1. The molecule has 0 aliphatic heterocycles. The molecule has 2 heteroatoms. The lowest BCUT2D eigenvalue weighted by Gasteiger charge is -1.99. The molecule has 0 aromatic carbocycles. The van der Waals surface area contributed by atoms with Crippen LogP contribution in [0, 0.1) is 0 Å². The molecule has 0 aliphatic carbocycles. The quantitative estimate of drug-likeness (QED) is 0.286. The first-order valence-corrected chi connectivity index (χ1v) is 7.17. The lowest BCUT2D eigenvalue weighted by Crippen LogP contribution is -1.79. The van der Waals surface area contributed by atoms with Crippen LogP contribution in [0.15, 0.2) is 36.3 Å². The minimum Gasteiger partial charge on any atom is -0.512 e. The molecule has 0 bridgehead atoms. The Morgan fingerprint density at radius 1 is 0.889 bits per heavy atom. The maximum atomic E-state index is 8.91. The Bertz CT molecular complexity index is 252. The second kappa shape index (κ2) is 13.9. The van der Waals surface area contributed by atoms with Gasteiger partial charge in [-0.3, -0.25) is 0 Å². The molecule has 0 aromatic heterocycles. The first-order valence-electron chi connectivity index (χ1n) is 7.17. The van der Waals surface area contributed by atoms with E-state index in [0.29, 0.717) is 6.26 Å². The van der Waals surface area contributed by atoms with Gasteiger partial charge in [0, 0.05) is 0 Å². The van der Waals surface area contributed by atoms with E-state index in [1.165, 1.54) is 57.4 Å². The van der Waals surface area contributed by atoms with Crippen molar-refractivity contribution < 1.29 is 10.2 Å². The fourth-order valence-electron chi connectivity index (χ4n) is 1.77. The van der Waals surface area contributed by atoms with Gasteiger partial charge in [-0.15, -0.1) is 0 Å². The Hall–Kier alpha value is -1.18. The summed E-state index contributed by atoms with van der Waals surface area (Å²) in [5.41, 5.74) is 0. The van der Waals surface area contributed by atoms with Crippen LogP contribution in [0.4, 0.5) is 0 Å². The Balaban J connectivity index is 3.25. The van der Waals surface area contributed by atoms with E-state index in [4.69, 9.17) is 10.2 Å². The molecule has 0 atom stereocenters. The molecule has 0 rings (SSSR count). The van der Waals surface area contributed by atoms with Gasteiger partial charge in [0.05, 0.1) is 0 Å². The van der Waals surface area contributed by atoms with Crippen LogP contribution in [0.25, 0.3) is 0 Å². The molecule has 0 radical (unpaired) electrons. The van der Waals surface area contributed by atoms with Crippen molar-refractivity contribution in [3.63, 3.8) is 0 Å². The Morgan fingerprint density at radius 3 is 2.11 bits per heavy atom. The summed E-state index contributed by atoms with van der Waals surface area (Å²) in [7, 11) is 0. The van der Waals surface area contributed by atoms with E-state index >= 15 is 0 Å². The summed E-state index contributed by atoms with van der Waals surface area (Å²) < 4.78 is 0. The molecule has 0 saturated carbocycles. The van der Waals surface area contributed by atoms with Gasteiger partial charge in [-0.05, 0) is 18.9 Å². The second-order valence-electron chi connectivity index (χ2n) is 4.60. The molecule has 18 heavy (non-hydrogen) atoms. The van der Waals surface area contributed by atoms with Gasteiger partial charge < -0.3 is 10.2 Å². The molecule has 104 valence electrons. The van der Waals surface area contributed by atoms with E-state index in [1.54, 1.807) is 6.08 Å². The fourth-order valence-corrected chi connectivity index (χ4v) is 1.77. The van der Waals surface area contributed by atoms with E-state index in [9.17, 15) is 0 Å². The fraction of sp³-hybridized carbons (Fsp3) is 0.625. The van der Waals surface area contributed by atoms with Crippen LogP contribution in [-0.4, -0.2) is 10.2 Å². The summed E-state index contributed by atoms with van der Waals surface area (Å²) in [5.74, 6) is -0.119. The summed E-state index contributed by atoms with van der Waals surface area (Å²) in [6, 6.07) is 0. The molecule has 2 nitrogen and oxygen atoms in total. The zero-order chi connectivity index (χ0) is 13.5. The number of aliphatic hydroxyl groups excluding tert-OH is 2. The van der Waals surface area contributed by atoms with Gasteiger partial charge in [0.15, 0.2) is 0 Å². The van der Waals surface area contributed by atoms with Crippen molar-refractivity contribution in [1.29, 1.82) is 0 Å². The summed E-state index contributed by atoms with van der Waals surface area (Å²) >= 11 is 0. The van der Waals surface area contributed by atoms with E-state index in [-0.39, 0.29) is 5.76 Å². The molecule has 0 spiro atoms. The number of hydrogen-bond donors (Lipinski definition) is 2. The molecule has 0 amide bonds. The van der Waals surface area contributed by atoms with Crippen molar-refractivity contribution in [2.24, 2.45) is 0 Å². The van der Waals surface area contributed by atoms with Gasteiger partial charge in [0.25, 0.3) is 0 Å². The van der Waals surface area contributed by atoms with Crippen LogP contribution < -0.4 is 0 Å². The third-order valence-corrected chi connectivity index (χ3v) is 2.87. The third-order valence-electron chi connectivity index (χ3n) is 2.87. The highest BCUT2D eigenvalue weighted by Gasteiger charge is 1.90. The van der Waals surface area contributed by atoms with Crippen molar-refractivity contribution in [2.75, 3.05) is 0 Å². The number of hydrogen-bond acceptors (Lipinski definition) is 2. The molecule has 0 heterocycles. The normalized spacial score (nSPS) is 12.8. The summed E-state index contributed by atoms with van der Waals surface area (Å²) in [6.07, 6.45) is 19.7. The largest absolute Gasteiger partial charge is 0.512 e. The monoisotopic (exact) mass is 252 g/mol.